The number of hydrogen-bond donors (Lipinski definition) is 1. The van der Waals surface area contributed by atoms with Gasteiger partial charge in [0.25, 0.3) is 5.91 Å². The molecule has 0 aliphatic rings. The molecule has 31 heavy (non-hydrogen) atoms. The Morgan fingerprint density at radius 1 is 1.16 bits per heavy atom. The van der Waals surface area contributed by atoms with Crippen molar-refractivity contribution in [1.82, 2.24) is 14.5 Å². The van der Waals surface area contributed by atoms with Crippen molar-refractivity contribution < 1.29 is 18.3 Å². The number of anilines is 1. The SMILES string of the molecule is CCN(CC)CCn1c(NC(=O)/C=C/c2ccccc2OC(F)F)nc2ccccc21. The number of carbonyl (C=O) groups excluding carboxylic acids is 1. The molecule has 1 aromatic heterocycles. The second kappa shape index (κ2) is 10.7. The van der Waals surface area contributed by atoms with Crippen molar-refractivity contribution in [1.29, 1.82) is 0 Å². The van der Waals surface area contributed by atoms with E-state index in [0.29, 0.717) is 18.1 Å². The van der Waals surface area contributed by atoms with Gasteiger partial charge in [0.2, 0.25) is 5.95 Å². The van der Waals surface area contributed by atoms with Crippen LogP contribution < -0.4 is 10.1 Å². The average Bonchev–Trinajstić information content (AvgIpc) is 3.10. The average molecular weight is 428 g/mol. The number of fused-ring (bicyclic) bond motifs is 1. The van der Waals surface area contributed by atoms with Gasteiger partial charge in [-0.3, -0.25) is 10.1 Å². The van der Waals surface area contributed by atoms with Gasteiger partial charge in [-0.05, 0) is 37.4 Å². The van der Waals surface area contributed by atoms with Crippen LogP contribution in [0.25, 0.3) is 17.1 Å². The molecule has 3 aromatic rings. The fourth-order valence-electron chi connectivity index (χ4n) is 3.32. The molecule has 0 saturated carbocycles. The van der Waals surface area contributed by atoms with Crippen LogP contribution in [0.3, 0.4) is 0 Å². The van der Waals surface area contributed by atoms with Crippen molar-refractivity contribution in [3.8, 4) is 5.75 Å². The molecule has 164 valence electrons. The van der Waals surface area contributed by atoms with Gasteiger partial charge in [-0.2, -0.15) is 8.78 Å². The predicted octanol–water partition coefficient (Wildman–Crippen LogP) is 4.63. The topological polar surface area (TPSA) is 59.4 Å². The van der Waals surface area contributed by atoms with E-state index in [9.17, 15) is 13.6 Å². The first-order chi connectivity index (χ1) is 15.0. The number of nitrogens with zero attached hydrogens (tertiary/aromatic N) is 3. The Kier molecular flexibility index (Phi) is 7.72. The summed E-state index contributed by atoms with van der Waals surface area (Å²) >= 11 is 0. The number of amides is 1. The monoisotopic (exact) mass is 428 g/mol. The van der Waals surface area contributed by atoms with E-state index in [0.717, 1.165) is 30.7 Å². The van der Waals surface area contributed by atoms with E-state index >= 15 is 0 Å². The number of ether oxygens (including phenoxy) is 1. The van der Waals surface area contributed by atoms with E-state index in [1.807, 2.05) is 28.8 Å². The van der Waals surface area contributed by atoms with E-state index in [1.165, 1.54) is 18.2 Å². The van der Waals surface area contributed by atoms with Crippen LogP contribution in [0.5, 0.6) is 5.75 Å². The third-order valence-corrected chi connectivity index (χ3v) is 4.97. The molecule has 3 rings (SSSR count). The lowest BCUT2D eigenvalue weighted by molar-refractivity contribution is -0.111. The van der Waals surface area contributed by atoms with Crippen molar-refractivity contribution in [2.24, 2.45) is 0 Å². The van der Waals surface area contributed by atoms with E-state index in [4.69, 9.17) is 0 Å². The molecular weight excluding hydrogens is 402 g/mol. The molecule has 8 heteroatoms. The highest BCUT2D eigenvalue weighted by molar-refractivity contribution is 6.02. The molecule has 0 aliphatic heterocycles. The fraction of sp³-hybridized carbons (Fsp3) is 0.304. The number of nitrogens with one attached hydrogen (secondary N) is 1. The first-order valence-corrected chi connectivity index (χ1v) is 10.2. The van der Waals surface area contributed by atoms with Crippen LogP contribution in [-0.2, 0) is 11.3 Å². The van der Waals surface area contributed by atoms with Crippen LogP contribution in [0.4, 0.5) is 14.7 Å². The lowest BCUT2D eigenvalue weighted by atomic mass is 10.2. The smallest absolute Gasteiger partial charge is 0.387 e. The number of rotatable bonds is 10. The van der Waals surface area contributed by atoms with Crippen LogP contribution in [-0.4, -0.2) is 46.6 Å². The Morgan fingerprint density at radius 3 is 2.61 bits per heavy atom. The largest absolute Gasteiger partial charge is 0.434 e. The molecule has 0 saturated heterocycles. The number of aromatic nitrogens is 2. The number of likely N-dealkylation sites (N-methyl/N-ethyl adjacent to an activating group) is 1. The van der Waals surface area contributed by atoms with E-state index in [-0.39, 0.29) is 5.75 Å². The minimum absolute atomic E-state index is 0.00742. The number of halogens is 2. The van der Waals surface area contributed by atoms with Crippen molar-refractivity contribution in [2.75, 3.05) is 25.0 Å². The van der Waals surface area contributed by atoms with Gasteiger partial charge < -0.3 is 14.2 Å². The van der Waals surface area contributed by atoms with E-state index in [2.05, 4.69) is 33.8 Å². The molecule has 0 atom stereocenters. The number of benzene rings is 2. The van der Waals surface area contributed by atoms with Gasteiger partial charge in [0, 0.05) is 24.7 Å². The van der Waals surface area contributed by atoms with E-state index in [1.54, 1.807) is 18.2 Å². The van der Waals surface area contributed by atoms with Crippen molar-refractivity contribution in [3.05, 3.63) is 60.2 Å². The van der Waals surface area contributed by atoms with Gasteiger partial charge in [-0.15, -0.1) is 0 Å². The lowest BCUT2D eigenvalue weighted by Crippen LogP contribution is -2.27. The van der Waals surface area contributed by atoms with Gasteiger partial charge in [-0.25, -0.2) is 4.98 Å². The molecule has 0 bridgehead atoms. The third-order valence-electron chi connectivity index (χ3n) is 4.97. The first-order valence-electron chi connectivity index (χ1n) is 10.2. The molecule has 0 aliphatic carbocycles. The molecule has 6 nitrogen and oxygen atoms in total. The van der Waals surface area contributed by atoms with Crippen molar-refractivity contribution >= 4 is 29.0 Å². The quantitative estimate of drug-likeness (QED) is 0.478. The summed E-state index contributed by atoms with van der Waals surface area (Å²) in [5.41, 5.74) is 2.11. The van der Waals surface area contributed by atoms with Crippen molar-refractivity contribution in [2.45, 2.75) is 27.0 Å². The van der Waals surface area contributed by atoms with Gasteiger partial charge >= 0.3 is 6.61 Å². The Labute approximate surface area is 180 Å². The standard InChI is InChI=1S/C23H26F2N4O2/c1-3-28(4-2)15-16-29-19-11-7-6-10-18(19)26-23(29)27-21(30)14-13-17-9-5-8-12-20(17)31-22(24)25/h5-14,22H,3-4,15-16H2,1-2H3,(H,26,27,30)/b14-13+. The van der Waals surface area contributed by atoms with Crippen LogP contribution in [0.2, 0.25) is 0 Å². The number of para-hydroxylation sites is 3. The minimum Gasteiger partial charge on any atom is -0.434 e. The second-order valence-electron chi connectivity index (χ2n) is 6.84. The molecule has 1 amide bonds. The fourth-order valence-corrected chi connectivity index (χ4v) is 3.32. The normalized spacial score (nSPS) is 11.7. The molecular formula is C23H26F2N4O2. The van der Waals surface area contributed by atoms with Crippen molar-refractivity contribution in [3.63, 3.8) is 0 Å². The van der Waals surface area contributed by atoms with Gasteiger partial charge in [0.15, 0.2) is 0 Å². The third kappa shape index (κ3) is 5.88. The van der Waals surface area contributed by atoms with Gasteiger partial charge in [0.05, 0.1) is 11.0 Å². The lowest BCUT2D eigenvalue weighted by Gasteiger charge is -2.19. The van der Waals surface area contributed by atoms with E-state index < -0.39 is 12.5 Å². The Hall–Kier alpha value is -3.26. The zero-order chi connectivity index (χ0) is 22.2. The number of imidazole rings is 1. The summed E-state index contributed by atoms with van der Waals surface area (Å²) in [4.78, 5) is 19.4. The maximum Gasteiger partial charge on any atom is 0.387 e. The highest BCUT2D eigenvalue weighted by atomic mass is 19.3. The minimum atomic E-state index is -2.94. The summed E-state index contributed by atoms with van der Waals surface area (Å²) in [6.45, 7) is 4.66. The molecule has 1 heterocycles. The molecule has 1 N–H and O–H groups in total. The van der Waals surface area contributed by atoms with Crippen LogP contribution in [0.1, 0.15) is 19.4 Å². The highest BCUT2D eigenvalue weighted by Gasteiger charge is 2.13. The Balaban J connectivity index is 1.79. The number of alkyl halides is 2. The Morgan fingerprint density at radius 2 is 1.87 bits per heavy atom. The number of carbonyl (C=O) groups is 1. The summed E-state index contributed by atoms with van der Waals surface area (Å²) < 4.78 is 31.6. The molecule has 0 spiro atoms. The van der Waals surface area contributed by atoms with Crippen LogP contribution in [0.15, 0.2) is 54.6 Å². The van der Waals surface area contributed by atoms with Crippen LogP contribution >= 0.6 is 0 Å². The zero-order valence-electron chi connectivity index (χ0n) is 17.6. The summed E-state index contributed by atoms with van der Waals surface area (Å²) in [5.74, 6) is 0.0411. The maximum absolute atomic E-state index is 12.6. The first kappa shape index (κ1) is 22.4. The highest BCUT2D eigenvalue weighted by Crippen LogP contribution is 2.22. The maximum atomic E-state index is 12.6. The summed E-state index contributed by atoms with van der Waals surface area (Å²) in [7, 11) is 0. The Bertz CT molecular complexity index is 1040. The number of hydrogen-bond acceptors (Lipinski definition) is 4. The second-order valence-corrected chi connectivity index (χ2v) is 6.84. The summed E-state index contributed by atoms with van der Waals surface area (Å²) in [5, 5.41) is 2.81. The molecule has 0 unspecified atom stereocenters. The zero-order valence-corrected chi connectivity index (χ0v) is 17.6. The van der Waals surface area contributed by atoms with Crippen LogP contribution in [0, 0.1) is 0 Å². The summed E-state index contributed by atoms with van der Waals surface area (Å²) in [6.07, 6.45) is 2.72. The molecule has 0 fully saturated rings. The van der Waals surface area contributed by atoms with Gasteiger partial charge in [-0.1, -0.05) is 44.2 Å². The predicted molar refractivity (Wildman–Crippen MR) is 118 cm³/mol. The molecule has 0 radical (unpaired) electrons. The summed E-state index contributed by atoms with van der Waals surface area (Å²) in [6, 6.07) is 14.0. The van der Waals surface area contributed by atoms with Gasteiger partial charge in [0.1, 0.15) is 5.75 Å². The molecule has 2 aromatic carbocycles.